The minimum absolute atomic E-state index is 0.189. The molecule has 2 N–H and O–H groups in total. The predicted molar refractivity (Wildman–Crippen MR) is 59.2 cm³/mol. The van der Waals surface area contributed by atoms with Crippen molar-refractivity contribution in [2.24, 2.45) is 7.05 Å². The molecular weight excluding hydrogens is 207 g/mol. The van der Waals surface area contributed by atoms with E-state index in [1.807, 2.05) is 6.07 Å². The highest BCUT2D eigenvalue weighted by Crippen LogP contribution is 2.09. The molecule has 0 bridgehead atoms. The standard InChI is InChI=1S/C11H13FN4/c1-16-11(13)14-10(15-16)7-6-8-4-2-3-5-9(8)12/h2-5H,6-7H2,1H3,(H2,13,14,15). The van der Waals surface area contributed by atoms with Crippen molar-refractivity contribution in [2.45, 2.75) is 12.8 Å². The van der Waals surface area contributed by atoms with Crippen molar-refractivity contribution in [3.8, 4) is 0 Å². The Bertz CT molecular complexity index is 473. The second-order valence-corrected chi connectivity index (χ2v) is 3.60. The molecule has 0 atom stereocenters. The Balaban J connectivity index is 2.05. The molecule has 2 aromatic rings. The first-order chi connectivity index (χ1) is 7.66. The summed E-state index contributed by atoms with van der Waals surface area (Å²) >= 11 is 0. The molecule has 0 aliphatic rings. The van der Waals surface area contributed by atoms with Crippen LogP contribution in [0.5, 0.6) is 0 Å². The lowest BCUT2D eigenvalue weighted by atomic mass is 10.1. The molecule has 0 aliphatic heterocycles. The number of benzene rings is 1. The maximum absolute atomic E-state index is 13.3. The van der Waals surface area contributed by atoms with E-state index in [-0.39, 0.29) is 5.82 Å². The molecule has 16 heavy (non-hydrogen) atoms. The average molecular weight is 220 g/mol. The van der Waals surface area contributed by atoms with Gasteiger partial charge in [-0.3, -0.25) is 0 Å². The van der Waals surface area contributed by atoms with Crippen LogP contribution in [0.2, 0.25) is 0 Å². The molecule has 0 unspecified atom stereocenters. The number of aryl methyl sites for hydroxylation is 3. The van der Waals surface area contributed by atoms with E-state index in [0.717, 1.165) is 0 Å². The molecule has 0 saturated heterocycles. The molecular formula is C11H13FN4. The van der Waals surface area contributed by atoms with Crippen molar-refractivity contribution >= 4 is 5.95 Å². The SMILES string of the molecule is Cn1nc(CCc2ccccc2F)nc1N. The Morgan fingerprint density at radius 3 is 2.69 bits per heavy atom. The van der Waals surface area contributed by atoms with Gasteiger partial charge in [-0.05, 0) is 18.1 Å². The van der Waals surface area contributed by atoms with Crippen LogP contribution in [0.3, 0.4) is 0 Å². The zero-order valence-electron chi connectivity index (χ0n) is 9.02. The molecule has 0 spiro atoms. The zero-order valence-corrected chi connectivity index (χ0v) is 9.02. The van der Waals surface area contributed by atoms with Gasteiger partial charge < -0.3 is 5.73 Å². The topological polar surface area (TPSA) is 56.7 Å². The number of rotatable bonds is 3. The molecule has 0 saturated carbocycles. The van der Waals surface area contributed by atoms with Crippen molar-refractivity contribution in [1.82, 2.24) is 14.8 Å². The number of hydrogen-bond acceptors (Lipinski definition) is 3. The van der Waals surface area contributed by atoms with E-state index in [1.54, 1.807) is 19.2 Å². The summed E-state index contributed by atoms with van der Waals surface area (Å²) in [7, 11) is 1.73. The first kappa shape index (κ1) is 10.6. The Labute approximate surface area is 92.9 Å². The number of hydrogen-bond donors (Lipinski definition) is 1. The molecule has 2 rings (SSSR count). The van der Waals surface area contributed by atoms with Gasteiger partial charge in [-0.2, -0.15) is 10.1 Å². The number of aromatic nitrogens is 3. The Hall–Kier alpha value is -1.91. The Morgan fingerprint density at radius 2 is 2.06 bits per heavy atom. The molecule has 0 radical (unpaired) electrons. The summed E-state index contributed by atoms with van der Waals surface area (Å²) in [5.74, 6) is 0.832. The first-order valence-corrected chi connectivity index (χ1v) is 5.05. The largest absolute Gasteiger partial charge is 0.368 e. The van der Waals surface area contributed by atoms with Crippen molar-refractivity contribution in [1.29, 1.82) is 0 Å². The Kier molecular flexibility index (Phi) is 2.85. The average Bonchev–Trinajstić information content (AvgIpc) is 2.57. The lowest BCUT2D eigenvalue weighted by Gasteiger charge is -1.99. The van der Waals surface area contributed by atoms with Gasteiger partial charge >= 0.3 is 0 Å². The summed E-state index contributed by atoms with van der Waals surface area (Å²) in [6, 6.07) is 6.71. The van der Waals surface area contributed by atoms with Gasteiger partial charge in [-0.25, -0.2) is 9.07 Å². The molecule has 84 valence electrons. The van der Waals surface area contributed by atoms with Gasteiger partial charge in [-0.1, -0.05) is 18.2 Å². The fourth-order valence-corrected chi connectivity index (χ4v) is 1.50. The van der Waals surface area contributed by atoms with Crippen LogP contribution in [0, 0.1) is 5.82 Å². The molecule has 1 aromatic carbocycles. The van der Waals surface area contributed by atoms with Crippen LogP contribution in [0.4, 0.5) is 10.3 Å². The minimum atomic E-state index is -0.189. The number of nitrogen functional groups attached to an aromatic ring is 1. The summed E-state index contributed by atoms with van der Waals surface area (Å²) in [5.41, 5.74) is 6.23. The maximum Gasteiger partial charge on any atom is 0.218 e. The fourth-order valence-electron chi connectivity index (χ4n) is 1.50. The normalized spacial score (nSPS) is 10.6. The highest BCUT2D eigenvalue weighted by molar-refractivity contribution is 5.19. The third-order valence-electron chi connectivity index (χ3n) is 2.42. The van der Waals surface area contributed by atoms with Crippen LogP contribution in [-0.2, 0) is 19.9 Å². The van der Waals surface area contributed by atoms with Gasteiger partial charge in [0.2, 0.25) is 5.95 Å². The van der Waals surface area contributed by atoms with E-state index in [9.17, 15) is 4.39 Å². The van der Waals surface area contributed by atoms with Crippen LogP contribution in [-0.4, -0.2) is 14.8 Å². The zero-order chi connectivity index (χ0) is 11.5. The second-order valence-electron chi connectivity index (χ2n) is 3.60. The number of anilines is 1. The third kappa shape index (κ3) is 2.18. The molecule has 1 heterocycles. The molecule has 4 nitrogen and oxygen atoms in total. The summed E-state index contributed by atoms with van der Waals surface area (Å²) in [5, 5.41) is 4.11. The van der Waals surface area contributed by atoms with Crippen LogP contribution in [0.1, 0.15) is 11.4 Å². The maximum atomic E-state index is 13.3. The van der Waals surface area contributed by atoms with E-state index in [0.29, 0.717) is 30.2 Å². The van der Waals surface area contributed by atoms with Gasteiger partial charge in [0.25, 0.3) is 0 Å². The first-order valence-electron chi connectivity index (χ1n) is 5.05. The van der Waals surface area contributed by atoms with Crippen molar-refractivity contribution in [2.75, 3.05) is 5.73 Å². The predicted octanol–water partition coefficient (Wildman–Crippen LogP) is 1.32. The lowest BCUT2D eigenvalue weighted by molar-refractivity contribution is 0.606. The van der Waals surface area contributed by atoms with Gasteiger partial charge in [0.05, 0.1) is 0 Å². The van der Waals surface area contributed by atoms with E-state index < -0.39 is 0 Å². The highest BCUT2D eigenvalue weighted by atomic mass is 19.1. The quantitative estimate of drug-likeness (QED) is 0.848. The van der Waals surface area contributed by atoms with Gasteiger partial charge in [0, 0.05) is 13.5 Å². The van der Waals surface area contributed by atoms with Gasteiger partial charge in [0.15, 0.2) is 5.82 Å². The number of halogens is 1. The number of nitrogens with two attached hydrogens (primary N) is 1. The van der Waals surface area contributed by atoms with E-state index >= 15 is 0 Å². The van der Waals surface area contributed by atoms with Crippen LogP contribution in [0.25, 0.3) is 0 Å². The summed E-state index contributed by atoms with van der Waals surface area (Å²) in [6.07, 6.45) is 1.17. The number of nitrogens with zero attached hydrogens (tertiary/aromatic N) is 3. The van der Waals surface area contributed by atoms with E-state index in [2.05, 4.69) is 10.1 Å². The molecule has 5 heteroatoms. The Morgan fingerprint density at radius 1 is 1.31 bits per heavy atom. The van der Waals surface area contributed by atoms with Crippen LogP contribution < -0.4 is 5.73 Å². The van der Waals surface area contributed by atoms with Crippen LogP contribution in [0.15, 0.2) is 24.3 Å². The van der Waals surface area contributed by atoms with Crippen molar-refractivity contribution in [3.05, 3.63) is 41.5 Å². The molecule has 0 aliphatic carbocycles. The third-order valence-corrected chi connectivity index (χ3v) is 2.42. The monoisotopic (exact) mass is 220 g/mol. The second kappa shape index (κ2) is 4.30. The van der Waals surface area contributed by atoms with Crippen molar-refractivity contribution in [3.63, 3.8) is 0 Å². The molecule has 0 amide bonds. The minimum Gasteiger partial charge on any atom is -0.368 e. The molecule has 0 fully saturated rings. The van der Waals surface area contributed by atoms with E-state index in [4.69, 9.17) is 5.73 Å². The van der Waals surface area contributed by atoms with E-state index in [1.165, 1.54) is 10.7 Å². The fraction of sp³-hybridized carbons (Fsp3) is 0.273. The van der Waals surface area contributed by atoms with Gasteiger partial charge in [0.1, 0.15) is 5.82 Å². The van der Waals surface area contributed by atoms with Crippen LogP contribution >= 0.6 is 0 Å². The van der Waals surface area contributed by atoms with Crippen molar-refractivity contribution < 1.29 is 4.39 Å². The summed E-state index contributed by atoms with van der Waals surface area (Å²) < 4.78 is 14.8. The summed E-state index contributed by atoms with van der Waals surface area (Å²) in [4.78, 5) is 4.06. The van der Waals surface area contributed by atoms with Gasteiger partial charge in [-0.15, -0.1) is 0 Å². The smallest absolute Gasteiger partial charge is 0.218 e. The highest BCUT2D eigenvalue weighted by Gasteiger charge is 2.06. The summed E-state index contributed by atoms with van der Waals surface area (Å²) in [6.45, 7) is 0. The molecule has 1 aromatic heterocycles. The lowest BCUT2D eigenvalue weighted by Crippen LogP contribution is -1.98.